The van der Waals surface area contributed by atoms with Crippen LogP contribution >= 0.6 is 0 Å². The summed E-state index contributed by atoms with van der Waals surface area (Å²) in [6, 6.07) is 20.3. The van der Waals surface area contributed by atoms with E-state index in [1.54, 1.807) is 0 Å². The maximum Gasteiger partial charge on any atom is 0.417 e. The monoisotopic (exact) mass is 476 g/mol. The number of alkyl halides is 3. The molecule has 2 N–H and O–H groups in total. The third-order valence-corrected chi connectivity index (χ3v) is 6.49. The fourth-order valence-corrected chi connectivity index (χ4v) is 4.57. The molecule has 0 aliphatic heterocycles. The van der Waals surface area contributed by atoms with Crippen molar-refractivity contribution in [3.05, 3.63) is 101 Å². The lowest BCUT2D eigenvalue weighted by atomic mass is 9.97. The van der Waals surface area contributed by atoms with Crippen molar-refractivity contribution >= 4 is 15.9 Å². The van der Waals surface area contributed by atoms with Gasteiger partial charge in [0.1, 0.15) is 0 Å². The van der Waals surface area contributed by atoms with E-state index in [1.807, 2.05) is 61.5 Å². The molecule has 174 valence electrons. The minimum Gasteiger partial charge on any atom is -0.345 e. The Bertz CT molecular complexity index is 1200. The van der Waals surface area contributed by atoms with Crippen molar-refractivity contribution in [1.29, 1.82) is 0 Å². The molecule has 0 spiro atoms. The molecule has 0 saturated heterocycles. The smallest absolute Gasteiger partial charge is 0.345 e. The molecule has 9 heteroatoms. The Labute approximate surface area is 190 Å². The second-order valence-corrected chi connectivity index (χ2v) is 9.20. The first-order valence-electron chi connectivity index (χ1n) is 10.1. The zero-order valence-electron chi connectivity index (χ0n) is 17.8. The summed E-state index contributed by atoms with van der Waals surface area (Å²) in [5.74, 6) is -0.448. The van der Waals surface area contributed by atoms with E-state index in [-0.39, 0.29) is 13.0 Å². The summed E-state index contributed by atoms with van der Waals surface area (Å²) in [6.45, 7) is 1.60. The molecular weight excluding hydrogens is 453 g/mol. The molecule has 0 saturated carbocycles. The summed E-state index contributed by atoms with van der Waals surface area (Å²) in [5.41, 5.74) is 1.49. The average Bonchev–Trinajstić information content (AvgIpc) is 2.78. The minimum absolute atomic E-state index is 0.247. The molecule has 3 aromatic rings. The lowest BCUT2D eigenvalue weighted by molar-refractivity contribution is -0.139. The Balaban J connectivity index is 1.69. The number of hydrogen-bond donors (Lipinski definition) is 2. The number of sulfonamides is 1. The fraction of sp³-hybridized carbons (Fsp3) is 0.208. The van der Waals surface area contributed by atoms with Gasteiger partial charge in [-0.15, -0.1) is 0 Å². The lowest BCUT2D eigenvalue weighted by Gasteiger charge is -2.20. The van der Waals surface area contributed by atoms with Gasteiger partial charge in [0.05, 0.1) is 16.5 Å². The second-order valence-electron chi connectivity index (χ2n) is 7.46. The number of amides is 1. The van der Waals surface area contributed by atoms with Crippen molar-refractivity contribution in [3.63, 3.8) is 0 Å². The summed E-state index contributed by atoms with van der Waals surface area (Å²) in [5, 5.41) is 2.88. The van der Waals surface area contributed by atoms with Crippen molar-refractivity contribution in [2.45, 2.75) is 30.5 Å². The van der Waals surface area contributed by atoms with Gasteiger partial charge in [-0.25, -0.2) is 13.1 Å². The van der Waals surface area contributed by atoms with Crippen molar-refractivity contribution in [2.75, 3.05) is 6.54 Å². The molecule has 0 aliphatic carbocycles. The van der Waals surface area contributed by atoms with E-state index in [9.17, 15) is 26.4 Å². The van der Waals surface area contributed by atoms with Crippen LogP contribution in [0.5, 0.6) is 0 Å². The minimum atomic E-state index is -4.82. The molecule has 3 rings (SSSR count). The Morgan fingerprint density at radius 3 is 2.09 bits per heavy atom. The average molecular weight is 477 g/mol. The number of carbonyl (C=O) groups excluding carboxylic acids is 1. The van der Waals surface area contributed by atoms with Crippen LogP contribution in [0, 0.1) is 6.92 Å². The zero-order chi connectivity index (χ0) is 24.1. The molecule has 0 unspecified atom stereocenters. The second kappa shape index (κ2) is 10.2. The Kier molecular flexibility index (Phi) is 7.55. The number of rotatable bonds is 8. The van der Waals surface area contributed by atoms with E-state index in [0.717, 1.165) is 28.8 Å². The number of nitrogens with one attached hydrogen (secondary N) is 2. The number of benzene rings is 3. The van der Waals surface area contributed by atoms with Gasteiger partial charge in [0.25, 0.3) is 0 Å². The first kappa shape index (κ1) is 24.5. The van der Waals surface area contributed by atoms with Crippen LogP contribution in [-0.2, 0) is 21.0 Å². The lowest BCUT2D eigenvalue weighted by Crippen LogP contribution is -2.34. The van der Waals surface area contributed by atoms with Gasteiger partial charge in [0, 0.05) is 13.0 Å². The van der Waals surface area contributed by atoms with Crippen LogP contribution in [0.15, 0.2) is 83.8 Å². The first-order valence-corrected chi connectivity index (χ1v) is 11.6. The van der Waals surface area contributed by atoms with Gasteiger partial charge in [0.2, 0.25) is 15.9 Å². The summed E-state index contributed by atoms with van der Waals surface area (Å²) in [4.78, 5) is 11.7. The van der Waals surface area contributed by atoms with Crippen molar-refractivity contribution in [2.24, 2.45) is 0 Å². The molecule has 0 aliphatic rings. The van der Waals surface area contributed by atoms with Crippen LogP contribution in [0.25, 0.3) is 0 Å². The van der Waals surface area contributed by atoms with Gasteiger partial charge >= 0.3 is 6.18 Å². The van der Waals surface area contributed by atoms with Gasteiger partial charge in [-0.05, 0) is 30.2 Å². The van der Waals surface area contributed by atoms with Crippen LogP contribution in [0.3, 0.4) is 0 Å². The predicted molar refractivity (Wildman–Crippen MR) is 119 cm³/mol. The highest BCUT2D eigenvalue weighted by atomic mass is 32.2. The van der Waals surface area contributed by atoms with E-state index in [2.05, 4.69) is 10.0 Å². The topological polar surface area (TPSA) is 75.3 Å². The summed E-state index contributed by atoms with van der Waals surface area (Å²) < 4.78 is 66.5. The van der Waals surface area contributed by atoms with Gasteiger partial charge in [-0.1, -0.05) is 72.3 Å². The Morgan fingerprint density at radius 2 is 1.45 bits per heavy atom. The standard InChI is InChI=1S/C24H23F3N2O3S/c1-17-11-13-19(14-12-17)23(18-7-3-2-4-8-18)29-22(30)15-16-28-33(31,32)21-10-6-5-9-20(21)24(25,26)27/h2-14,23,28H,15-16H2,1H3,(H,29,30)/t23-/m0/s1. The van der Waals surface area contributed by atoms with E-state index in [0.29, 0.717) is 6.07 Å². The molecule has 5 nitrogen and oxygen atoms in total. The predicted octanol–water partition coefficient (Wildman–Crippen LogP) is 4.59. The largest absolute Gasteiger partial charge is 0.417 e. The van der Waals surface area contributed by atoms with Crippen LogP contribution < -0.4 is 10.0 Å². The van der Waals surface area contributed by atoms with Gasteiger partial charge in [-0.3, -0.25) is 4.79 Å². The molecule has 33 heavy (non-hydrogen) atoms. The van der Waals surface area contributed by atoms with Crippen LogP contribution in [0.1, 0.15) is 34.7 Å². The summed E-state index contributed by atoms with van der Waals surface area (Å²) in [7, 11) is -4.46. The summed E-state index contributed by atoms with van der Waals surface area (Å²) in [6.07, 6.45) is -5.07. The van der Waals surface area contributed by atoms with Crippen molar-refractivity contribution in [3.8, 4) is 0 Å². The molecule has 3 aromatic carbocycles. The Morgan fingerprint density at radius 1 is 0.879 bits per heavy atom. The molecule has 0 aromatic heterocycles. The van der Waals surface area contributed by atoms with Crippen molar-refractivity contribution < 1.29 is 26.4 Å². The third-order valence-electron chi connectivity index (χ3n) is 4.98. The van der Waals surface area contributed by atoms with Gasteiger partial charge < -0.3 is 5.32 Å². The third kappa shape index (κ3) is 6.43. The van der Waals surface area contributed by atoms with Crippen LogP contribution in [-0.4, -0.2) is 20.9 Å². The molecule has 1 amide bonds. The molecule has 1 atom stereocenters. The maximum absolute atomic E-state index is 13.2. The number of hydrogen-bond acceptors (Lipinski definition) is 3. The van der Waals surface area contributed by atoms with Crippen LogP contribution in [0.4, 0.5) is 13.2 Å². The van der Waals surface area contributed by atoms with Crippen molar-refractivity contribution in [1.82, 2.24) is 10.0 Å². The molecule has 0 heterocycles. The number of aryl methyl sites for hydroxylation is 1. The molecular formula is C24H23F3N2O3S. The highest BCUT2D eigenvalue weighted by molar-refractivity contribution is 7.89. The first-order chi connectivity index (χ1) is 15.6. The zero-order valence-corrected chi connectivity index (χ0v) is 18.6. The number of carbonyl (C=O) groups is 1. The molecule has 0 fully saturated rings. The maximum atomic E-state index is 13.2. The van der Waals surface area contributed by atoms with Crippen LogP contribution in [0.2, 0.25) is 0 Å². The fourth-order valence-electron chi connectivity index (χ4n) is 3.31. The highest BCUT2D eigenvalue weighted by Gasteiger charge is 2.36. The van der Waals surface area contributed by atoms with E-state index in [4.69, 9.17) is 0 Å². The number of halogens is 3. The van der Waals surface area contributed by atoms with E-state index < -0.39 is 38.6 Å². The molecule has 0 radical (unpaired) electrons. The quantitative estimate of drug-likeness (QED) is 0.500. The highest BCUT2D eigenvalue weighted by Crippen LogP contribution is 2.33. The SMILES string of the molecule is Cc1ccc([C@@H](NC(=O)CCNS(=O)(=O)c2ccccc2C(F)(F)F)c2ccccc2)cc1. The molecule has 0 bridgehead atoms. The normalized spacial score (nSPS) is 12.8. The summed E-state index contributed by atoms with van der Waals surface area (Å²) >= 11 is 0. The van der Waals surface area contributed by atoms with Gasteiger partial charge in [-0.2, -0.15) is 13.2 Å². The Hall–Kier alpha value is -3.17. The van der Waals surface area contributed by atoms with Gasteiger partial charge in [0.15, 0.2) is 0 Å². The van der Waals surface area contributed by atoms with E-state index >= 15 is 0 Å². The van der Waals surface area contributed by atoms with E-state index in [1.165, 1.54) is 6.07 Å².